The van der Waals surface area contributed by atoms with Crippen LogP contribution in [0.1, 0.15) is 26.7 Å². The number of β-lactam (4-membered cyclic amide) rings is 1. The highest BCUT2D eigenvalue weighted by molar-refractivity contribution is 8.03. The Morgan fingerprint density at radius 3 is 2.56 bits per heavy atom. The van der Waals surface area contributed by atoms with Gasteiger partial charge < -0.3 is 35.8 Å². The summed E-state index contributed by atoms with van der Waals surface area (Å²) in [5.74, 6) is -2.28. The number of nitrogens with one attached hydrogen (secondary N) is 2. The minimum absolute atomic E-state index is 0.0206. The Morgan fingerprint density at radius 1 is 1.25 bits per heavy atom. The van der Waals surface area contributed by atoms with Crippen molar-refractivity contribution < 1.29 is 29.7 Å². The van der Waals surface area contributed by atoms with Gasteiger partial charge in [-0.15, -0.1) is 11.8 Å². The number of hydrogen-bond acceptors (Lipinski definition) is 8. The van der Waals surface area contributed by atoms with Crippen molar-refractivity contribution in [3.63, 3.8) is 0 Å². The fourth-order valence-electron chi connectivity index (χ4n) is 5.34. The van der Waals surface area contributed by atoms with Gasteiger partial charge in [0, 0.05) is 54.8 Å². The van der Waals surface area contributed by atoms with Crippen molar-refractivity contribution in [2.24, 2.45) is 11.8 Å². The van der Waals surface area contributed by atoms with E-state index in [1.807, 2.05) is 6.92 Å². The van der Waals surface area contributed by atoms with E-state index in [-0.39, 0.29) is 47.2 Å². The van der Waals surface area contributed by atoms with Gasteiger partial charge in [-0.3, -0.25) is 9.59 Å². The number of carbonyl (C=O) groups excluding carboxylic acids is 2. The minimum atomic E-state index is -1.14. The molecule has 32 heavy (non-hydrogen) atoms. The van der Waals surface area contributed by atoms with Crippen LogP contribution in [-0.2, 0) is 14.4 Å². The number of piperazine rings is 1. The van der Waals surface area contributed by atoms with Gasteiger partial charge in [-0.05, 0) is 13.3 Å². The lowest BCUT2D eigenvalue weighted by atomic mass is 9.79. The summed E-state index contributed by atoms with van der Waals surface area (Å²) in [6.45, 7) is 6.86. The molecule has 0 saturated carbocycles. The molecule has 0 aliphatic carbocycles. The fraction of sp³-hybridized carbons (Fsp3) is 0.762. The summed E-state index contributed by atoms with van der Waals surface area (Å²) < 4.78 is 0. The van der Waals surface area contributed by atoms with E-state index in [1.54, 1.807) is 11.8 Å². The van der Waals surface area contributed by atoms with Crippen molar-refractivity contribution in [1.82, 2.24) is 20.4 Å². The van der Waals surface area contributed by atoms with E-state index in [2.05, 4.69) is 10.6 Å². The lowest BCUT2D eigenvalue weighted by molar-refractivity contribution is -0.163. The number of hydrogen-bond donors (Lipinski definition) is 5. The zero-order valence-corrected chi connectivity index (χ0v) is 19.2. The summed E-state index contributed by atoms with van der Waals surface area (Å²) in [5, 5.41) is 36.9. The smallest absolute Gasteiger partial charge is 0.353 e. The van der Waals surface area contributed by atoms with E-state index < -0.39 is 24.1 Å². The van der Waals surface area contributed by atoms with Crippen LogP contribution in [0.15, 0.2) is 10.6 Å². The first kappa shape index (κ1) is 23.5. The van der Waals surface area contributed by atoms with Crippen molar-refractivity contribution in [1.29, 1.82) is 0 Å². The van der Waals surface area contributed by atoms with Crippen LogP contribution >= 0.6 is 11.8 Å². The second-order valence-corrected chi connectivity index (χ2v) is 10.5. The first-order valence-electron chi connectivity index (χ1n) is 11.3. The number of aliphatic carboxylic acids is 1. The van der Waals surface area contributed by atoms with Gasteiger partial charge in [0.2, 0.25) is 11.8 Å². The normalized spacial score (nSPS) is 34.4. The molecule has 4 aliphatic heterocycles. The van der Waals surface area contributed by atoms with Crippen molar-refractivity contribution in [3.05, 3.63) is 10.6 Å². The summed E-state index contributed by atoms with van der Waals surface area (Å²) in [4.78, 5) is 40.6. The maximum atomic E-state index is 12.5. The average molecular weight is 469 g/mol. The van der Waals surface area contributed by atoms with Crippen LogP contribution in [0.25, 0.3) is 0 Å². The topological polar surface area (TPSA) is 142 Å². The summed E-state index contributed by atoms with van der Waals surface area (Å²) >= 11 is 1.44. The van der Waals surface area contributed by atoms with Gasteiger partial charge in [0.1, 0.15) is 5.70 Å². The number of aliphatic hydroxyl groups is 2. The third-order valence-electron chi connectivity index (χ3n) is 7.05. The Morgan fingerprint density at radius 2 is 1.94 bits per heavy atom. The molecule has 4 rings (SSSR count). The van der Waals surface area contributed by atoms with Crippen LogP contribution in [0.5, 0.6) is 0 Å². The van der Waals surface area contributed by atoms with Crippen LogP contribution in [0.3, 0.4) is 0 Å². The Labute approximate surface area is 191 Å². The molecule has 11 heteroatoms. The number of amides is 2. The van der Waals surface area contributed by atoms with Crippen molar-refractivity contribution in [3.8, 4) is 0 Å². The SMILES string of the molecule is CC(O)C1C(=O)N2C(C(=O)O)=C(SC3CNC(C(O)CC(=O)N4CCNCC4)C3)C(C)[C@H]12. The van der Waals surface area contributed by atoms with E-state index in [1.165, 1.54) is 16.7 Å². The monoisotopic (exact) mass is 468 g/mol. The highest BCUT2D eigenvalue weighted by Crippen LogP contribution is 2.51. The second-order valence-electron chi connectivity index (χ2n) is 9.16. The van der Waals surface area contributed by atoms with Crippen LogP contribution < -0.4 is 10.6 Å². The van der Waals surface area contributed by atoms with E-state index >= 15 is 0 Å². The van der Waals surface area contributed by atoms with Gasteiger partial charge in [0.15, 0.2) is 0 Å². The fourth-order valence-corrected chi connectivity index (χ4v) is 6.83. The average Bonchev–Trinajstić information content (AvgIpc) is 3.31. The van der Waals surface area contributed by atoms with Crippen molar-refractivity contribution in [2.75, 3.05) is 32.7 Å². The van der Waals surface area contributed by atoms with E-state index in [4.69, 9.17) is 0 Å². The van der Waals surface area contributed by atoms with Gasteiger partial charge in [-0.2, -0.15) is 0 Å². The Kier molecular flexibility index (Phi) is 6.83. The number of nitrogens with zero attached hydrogens (tertiary/aromatic N) is 2. The van der Waals surface area contributed by atoms with Gasteiger partial charge in [-0.25, -0.2) is 4.79 Å². The number of fused-ring (bicyclic) bond motifs is 1. The maximum absolute atomic E-state index is 12.5. The van der Waals surface area contributed by atoms with E-state index in [9.17, 15) is 29.7 Å². The Hall–Kier alpha value is -1.66. The van der Waals surface area contributed by atoms with Crippen LogP contribution in [0, 0.1) is 11.8 Å². The molecule has 0 aromatic rings. The minimum Gasteiger partial charge on any atom is -0.477 e. The molecule has 4 heterocycles. The van der Waals surface area contributed by atoms with Crippen molar-refractivity contribution >= 4 is 29.5 Å². The second kappa shape index (κ2) is 9.30. The molecule has 5 N–H and O–H groups in total. The molecule has 0 radical (unpaired) electrons. The van der Waals surface area contributed by atoms with Crippen molar-refractivity contribution in [2.45, 2.75) is 56.2 Å². The number of thioether (sulfide) groups is 1. The van der Waals surface area contributed by atoms with Crippen LogP contribution in [0.2, 0.25) is 0 Å². The molecule has 2 amide bonds. The zero-order valence-electron chi connectivity index (χ0n) is 18.4. The molecule has 0 aromatic carbocycles. The number of carboxylic acid groups (broad SMARTS) is 1. The molecule has 4 aliphatic rings. The maximum Gasteiger partial charge on any atom is 0.353 e. The Balaban J connectivity index is 1.38. The Bertz CT molecular complexity index is 814. The van der Waals surface area contributed by atoms with Gasteiger partial charge >= 0.3 is 5.97 Å². The first-order chi connectivity index (χ1) is 15.2. The van der Waals surface area contributed by atoms with E-state index in [0.717, 1.165) is 13.1 Å². The highest BCUT2D eigenvalue weighted by Gasteiger charge is 2.60. The molecular weight excluding hydrogens is 436 g/mol. The third kappa shape index (κ3) is 4.16. The summed E-state index contributed by atoms with van der Waals surface area (Å²) in [7, 11) is 0. The van der Waals surface area contributed by atoms with Gasteiger partial charge in [0.25, 0.3) is 0 Å². The molecule has 3 fully saturated rings. The lowest BCUT2D eigenvalue weighted by Crippen LogP contribution is -2.63. The third-order valence-corrected chi connectivity index (χ3v) is 8.56. The predicted molar refractivity (Wildman–Crippen MR) is 117 cm³/mol. The summed E-state index contributed by atoms with van der Waals surface area (Å²) in [6, 6.07) is -0.572. The molecule has 0 aromatic heterocycles. The molecule has 10 nitrogen and oxygen atoms in total. The predicted octanol–water partition coefficient (Wildman–Crippen LogP) is -1.21. The lowest BCUT2D eigenvalue weighted by Gasteiger charge is -2.46. The quantitative estimate of drug-likeness (QED) is 0.291. The van der Waals surface area contributed by atoms with Crippen LogP contribution in [-0.4, -0.2) is 105 Å². The first-order valence-corrected chi connectivity index (χ1v) is 12.1. The largest absolute Gasteiger partial charge is 0.477 e. The van der Waals surface area contributed by atoms with Gasteiger partial charge in [-0.1, -0.05) is 6.92 Å². The molecule has 178 valence electrons. The number of rotatable bonds is 7. The number of aliphatic hydroxyl groups excluding tert-OH is 2. The van der Waals surface area contributed by atoms with E-state index in [0.29, 0.717) is 31.0 Å². The molecule has 3 saturated heterocycles. The zero-order chi connectivity index (χ0) is 23.2. The van der Waals surface area contributed by atoms with Crippen LogP contribution in [0.4, 0.5) is 0 Å². The molecule has 7 atom stereocenters. The molecule has 6 unspecified atom stereocenters. The standard InChI is InChI=1S/C21H32N4O6S/c1-10-17-16(11(2)26)20(29)25(17)18(21(30)31)19(10)32-12-7-13(23-9-12)14(27)8-15(28)24-5-3-22-4-6-24/h10-14,16-17,22-23,26-27H,3-9H2,1-2H3,(H,30,31)/t10?,11?,12?,13?,14?,16?,17-/m1/s1. The number of carbonyl (C=O) groups is 3. The molecule has 0 bridgehead atoms. The molecular formula is C21H32N4O6S. The highest BCUT2D eigenvalue weighted by atomic mass is 32.2. The molecule has 0 spiro atoms. The number of carboxylic acids is 1. The summed E-state index contributed by atoms with van der Waals surface area (Å²) in [5.41, 5.74) is 0.0206. The van der Waals surface area contributed by atoms with Gasteiger partial charge in [0.05, 0.1) is 30.6 Å². The summed E-state index contributed by atoms with van der Waals surface area (Å²) in [6.07, 6.45) is -0.971.